The van der Waals surface area contributed by atoms with Gasteiger partial charge in [0.2, 0.25) is 11.8 Å². The Hall–Kier alpha value is -2.92. The molecule has 0 saturated carbocycles. The SMILES string of the molecule is C=CCN(Cn1nnc2ccccc21)C(=O)C1N([C@H](C)CO)C(=O)[C@@H]2[C@@H](C(=O)OCC)[C@@]3(C)CCC12S3. The van der Waals surface area contributed by atoms with Crippen LogP contribution < -0.4 is 0 Å². The minimum absolute atomic E-state index is 0.126. The van der Waals surface area contributed by atoms with Crippen LogP contribution in [0.5, 0.6) is 0 Å². The van der Waals surface area contributed by atoms with E-state index in [1.807, 2.05) is 31.2 Å². The van der Waals surface area contributed by atoms with E-state index >= 15 is 0 Å². The first-order valence-electron chi connectivity index (χ1n) is 12.7. The highest BCUT2D eigenvalue weighted by Gasteiger charge is 2.78. The van der Waals surface area contributed by atoms with Gasteiger partial charge in [-0.05, 0) is 45.7 Å². The average Bonchev–Trinajstić information content (AvgIpc) is 3.58. The fourth-order valence-corrected chi connectivity index (χ4v) is 8.85. The molecule has 0 radical (unpaired) electrons. The monoisotopic (exact) mass is 527 g/mol. The molecule has 37 heavy (non-hydrogen) atoms. The van der Waals surface area contributed by atoms with Crippen molar-refractivity contribution < 1.29 is 24.2 Å². The third kappa shape index (κ3) is 3.77. The minimum Gasteiger partial charge on any atom is -0.466 e. The number of amides is 2. The number of nitrogens with zero attached hydrogens (tertiary/aromatic N) is 5. The van der Waals surface area contributed by atoms with E-state index in [1.165, 1.54) is 4.90 Å². The molecule has 3 aliphatic heterocycles. The summed E-state index contributed by atoms with van der Waals surface area (Å²) in [5.41, 5.74) is 1.50. The van der Waals surface area contributed by atoms with Crippen molar-refractivity contribution >= 4 is 40.6 Å². The van der Waals surface area contributed by atoms with Crippen molar-refractivity contribution in [2.45, 2.75) is 61.9 Å². The standard InChI is InChI=1S/C26H33N5O5S/c1-5-13-29(15-30-18-10-8-7-9-17(18)27-28-30)23(34)21-26-12-11-25(4,37-26)20(24(35)36-6-2)19(26)22(33)31(21)16(3)14-32/h5,7-10,16,19-21,32H,1,6,11-15H2,2-4H3/t16-,19+,20+,21?,25-,26?/m1/s1. The quantitative estimate of drug-likeness (QED) is 0.388. The molecule has 0 aliphatic carbocycles. The number of fused-ring (bicyclic) bond motifs is 2. The average molecular weight is 528 g/mol. The first-order valence-corrected chi connectivity index (χ1v) is 13.5. The molecule has 1 aromatic heterocycles. The predicted octanol–water partition coefficient (Wildman–Crippen LogP) is 1.83. The number of aromatic nitrogens is 3. The summed E-state index contributed by atoms with van der Waals surface area (Å²) >= 11 is 1.58. The Balaban J connectivity index is 1.56. The van der Waals surface area contributed by atoms with Crippen molar-refractivity contribution in [3.05, 3.63) is 36.9 Å². The van der Waals surface area contributed by atoms with E-state index in [0.717, 1.165) is 5.52 Å². The number of esters is 1. The number of para-hydroxylation sites is 1. The zero-order valence-corrected chi connectivity index (χ0v) is 22.2. The van der Waals surface area contributed by atoms with Crippen LogP contribution in [0, 0.1) is 11.8 Å². The van der Waals surface area contributed by atoms with Gasteiger partial charge in [-0.15, -0.1) is 23.4 Å². The first-order chi connectivity index (χ1) is 17.7. The van der Waals surface area contributed by atoms with Gasteiger partial charge < -0.3 is 19.6 Å². The first kappa shape index (κ1) is 25.7. The van der Waals surface area contributed by atoms with Crippen molar-refractivity contribution in [3.63, 3.8) is 0 Å². The Labute approximate surface area is 220 Å². The molecule has 2 amide bonds. The fraction of sp³-hybridized carbons (Fsp3) is 0.577. The van der Waals surface area contributed by atoms with Crippen molar-refractivity contribution in [1.29, 1.82) is 0 Å². The number of thioether (sulfide) groups is 1. The van der Waals surface area contributed by atoms with Crippen LogP contribution in [0.1, 0.15) is 33.6 Å². The van der Waals surface area contributed by atoms with Gasteiger partial charge in [0.1, 0.15) is 18.2 Å². The molecule has 11 heteroatoms. The van der Waals surface area contributed by atoms with Crippen LogP contribution in [0.3, 0.4) is 0 Å². The van der Waals surface area contributed by atoms with Gasteiger partial charge in [-0.2, -0.15) is 0 Å². The van der Waals surface area contributed by atoms with Gasteiger partial charge in [0.25, 0.3) is 0 Å². The van der Waals surface area contributed by atoms with Crippen molar-refractivity contribution in [1.82, 2.24) is 24.8 Å². The largest absolute Gasteiger partial charge is 0.466 e. The molecule has 3 aliphatic rings. The number of carbonyl (C=O) groups excluding carboxylic acids is 3. The normalized spacial score (nSPS) is 31.0. The molecule has 3 saturated heterocycles. The molecule has 198 valence electrons. The Kier molecular flexibility index (Phi) is 6.56. The number of carbonyl (C=O) groups is 3. The summed E-state index contributed by atoms with van der Waals surface area (Å²) in [4.78, 5) is 44.7. The van der Waals surface area contributed by atoms with Crippen molar-refractivity contribution in [3.8, 4) is 0 Å². The molecule has 1 aromatic carbocycles. The van der Waals surface area contributed by atoms with E-state index in [4.69, 9.17) is 4.74 Å². The Morgan fingerprint density at radius 2 is 2.14 bits per heavy atom. The number of ether oxygens (including phenoxy) is 1. The molecular weight excluding hydrogens is 494 g/mol. The van der Waals surface area contributed by atoms with Crippen LogP contribution in [-0.2, 0) is 25.8 Å². The smallest absolute Gasteiger partial charge is 0.311 e. The third-order valence-corrected chi connectivity index (χ3v) is 10.1. The van der Waals surface area contributed by atoms with E-state index in [0.29, 0.717) is 18.4 Å². The van der Waals surface area contributed by atoms with Crippen LogP contribution >= 0.6 is 11.8 Å². The van der Waals surface area contributed by atoms with Crippen LogP contribution in [0.4, 0.5) is 0 Å². The van der Waals surface area contributed by atoms with Gasteiger partial charge in [-0.1, -0.05) is 23.4 Å². The van der Waals surface area contributed by atoms with Gasteiger partial charge >= 0.3 is 5.97 Å². The number of benzene rings is 1. The van der Waals surface area contributed by atoms with Gasteiger partial charge in [0.15, 0.2) is 0 Å². The second kappa shape index (κ2) is 9.43. The van der Waals surface area contributed by atoms with Gasteiger partial charge in [-0.25, -0.2) is 4.68 Å². The molecule has 1 N–H and O–H groups in total. The third-order valence-electron chi connectivity index (χ3n) is 8.11. The van der Waals surface area contributed by atoms with E-state index in [2.05, 4.69) is 16.9 Å². The van der Waals surface area contributed by atoms with Crippen LogP contribution in [0.25, 0.3) is 11.0 Å². The van der Waals surface area contributed by atoms with Gasteiger partial charge in [-0.3, -0.25) is 14.4 Å². The summed E-state index contributed by atoms with van der Waals surface area (Å²) in [5.74, 6) is -2.23. The molecule has 4 heterocycles. The Morgan fingerprint density at radius 1 is 1.38 bits per heavy atom. The summed E-state index contributed by atoms with van der Waals surface area (Å²) in [6, 6.07) is 6.07. The topological polar surface area (TPSA) is 118 Å². The van der Waals surface area contributed by atoms with Gasteiger partial charge in [0, 0.05) is 11.3 Å². The van der Waals surface area contributed by atoms with Crippen molar-refractivity contribution in [2.24, 2.45) is 11.8 Å². The maximum Gasteiger partial charge on any atom is 0.311 e. The highest BCUT2D eigenvalue weighted by Crippen LogP contribution is 2.71. The highest BCUT2D eigenvalue weighted by atomic mass is 32.2. The summed E-state index contributed by atoms with van der Waals surface area (Å²) in [6.45, 7) is 9.62. The molecule has 1 spiro atoms. The zero-order chi connectivity index (χ0) is 26.5. The molecule has 10 nitrogen and oxygen atoms in total. The van der Waals surface area contributed by atoms with Crippen molar-refractivity contribution in [2.75, 3.05) is 19.8 Å². The maximum absolute atomic E-state index is 14.4. The number of aliphatic hydroxyl groups excluding tert-OH is 1. The maximum atomic E-state index is 14.4. The van der Waals surface area contributed by atoms with E-state index in [9.17, 15) is 19.5 Å². The molecule has 2 unspecified atom stereocenters. The fourth-order valence-electron chi connectivity index (χ4n) is 6.52. The molecule has 5 rings (SSSR count). The lowest BCUT2D eigenvalue weighted by molar-refractivity contribution is -0.155. The second-order valence-electron chi connectivity index (χ2n) is 10.3. The minimum atomic E-state index is -0.840. The number of aliphatic hydroxyl groups is 1. The molecule has 2 bridgehead atoms. The number of hydrogen-bond donors (Lipinski definition) is 1. The molecule has 2 aromatic rings. The molecular formula is C26H33N5O5S. The number of likely N-dealkylation sites (tertiary alicyclic amines) is 1. The van der Waals surface area contributed by atoms with E-state index in [1.54, 1.807) is 41.3 Å². The highest BCUT2D eigenvalue weighted by molar-refractivity contribution is 8.02. The molecule has 6 atom stereocenters. The van der Waals surface area contributed by atoms with Gasteiger partial charge in [0.05, 0.1) is 41.4 Å². The second-order valence-corrected chi connectivity index (χ2v) is 12.2. The lowest BCUT2D eigenvalue weighted by atomic mass is 9.66. The summed E-state index contributed by atoms with van der Waals surface area (Å²) in [6.07, 6.45) is 2.97. The van der Waals surface area contributed by atoms with Crippen LogP contribution in [-0.4, -0.2) is 89.0 Å². The molecule has 3 fully saturated rings. The summed E-state index contributed by atoms with van der Waals surface area (Å²) in [5, 5.41) is 18.5. The lowest BCUT2D eigenvalue weighted by Gasteiger charge is -2.38. The van der Waals surface area contributed by atoms with E-state index in [-0.39, 0.29) is 44.2 Å². The predicted molar refractivity (Wildman–Crippen MR) is 138 cm³/mol. The number of hydrogen-bond acceptors (Lipinski definition) is 8. The Morgan fingerprint density at radius 3 is 2.84 bits per heavy atom. The van der Waals surface area contributed by atoms with Crippen LogP contribution in [0.2, 0.25) is 0 Å². The Bertz CT molecular complexity index is 1250. The number of rotatable bonds is 9. The summed E-state index contributed by atoms with van der Waals surface area (Å²) < 4.78 is 5.79. The zero-order valence-electron chi connectivity index (χ0n) is 21.4. The van der Waals surface area contributed by atoms with E-state index < -0.39 is 33.4 Å². The van der Waals surface area contributed by atoms with Crippen LogP contribution in [0.15, 0.2) is 36.9 Å². The summed E-state index contributed by atoms with van der Waals surface area (Å²) in [7, 11) is 0. The lowest BCUT2D eigenvalue weighted by Crippen LogP contribution is -2.57.